The van der Waals surface area contributed by atoms with Gasteiger partial charge in [0.05, 0.1) is 17.7 Å². The van der Waals surface area contributed by atoms with Crippen molar-refractivity contribution in [3.63, 3.8) is 0 Å². The fourth-order valence-electron chi connectivity index (χ4n) is 10.00. The van der Waals surface area contributed by atoms with Gasteiger partial charge in [-0.05, 0) is 99.0 Å². The summed E-state index contributed by atoms with van der Waals surface area (Å²) in [6.07, 6.45) is 4.30. The third-order valence-electron chi connectivity index (χ3n) is 14.3. The number of hydrogen-bond donors (Lipinski definition) is 0. The third kappa shape index (κ3) is 8.72. The molecule has 1 aliphatic rings. The molecule has 0 unspecified atom stereocenters. The zero-order valence-electron chi connectivity index (χ0n) is 41.9. The van der Waals surface area contributed by atoms with Crippen molar-refractivity contribution in [3.05, 3.63) is 228 Å². The lowest BCUT2D eigenvalue weighted by Gasteiger charge is -2.33. The molecule has 0 saturated heterocycles. The Labute approximate surface area is 409 Å². The van der Waals surface area contributed by atoms with Crippen LogP contribution in [0.15, 0.2) is 200 Å². The van der Waals surface area contributed by atoms with Gasteiger partial charge < -0.3 is 14.5 Å². The summed E-state index contributed by atoms with van der Waals surface area (Å²) < 4.78 is 9.40. The molecule has 0 N–H and O–H groups in total. The summed E-state index contributed by atoms with van der Waals surface area (Å²) in [4.78, 5) is 9.93. The maximum atomic E-state index is 7.11. The van der Waals surface area contributed by atoms with Gasteiger partial charge in [0, 0.05) is 68.6 Å². The van der Waals surface area contributed by atoms with Crippen LogP contribution in [0.3, 0.4) is 0 Å². The molecule has 10 rings (SSSR count). The van der Waals surface area contributed by atoms with E-state index in [4.69, 9.17) is 9.72 Å². The fraction of sp³-hybridized carbons (Fsp3) is 0.234. The van der Waals surface area contributed by atoms with Crippen molar-refractivity contribution in [1.82, 2.24) is 9.55 Å². The molecule has 69 heavy (non-hydrogen) atoms. The van der Waals surface area contributed by atoms with Crippen LogP contribution >= 0.6 is 0 Å². The second kappa shape index (κ2) is 17.3. The first-order chi connectivity index (χ1) is 32.9. The lowest BCUT2D eigenvalue weighted by molar-refractivity contribution is 0.480. The van der Waals surface area contributed by atoms with Gasteiger partial charge in [-0.15, -0.1) is 0 Å². The van der Waals surface area contributed by atoms with E-state index in [1.165, 1.54) is 55.7 Å². The number of aromatic nitrogens is 2. The first-order valence-electron chi connectivity index (χ1n) is 24.4. The summed E-state index contributed by atoms with van der Waals surface area (Å²) in [5.74, 6) is 2.41. The van der Waals surface area contributed by atoms with Gasteiger partial charge in [0.15, 0.2) is 0 Å². The number of benzene rings is 7. The minimum atomic E-state index is -0.322. The number of nitrogens with zero attached hydrogens (tertiary/aromatic N) is 4. The number of rotatable bonds is 10. The van der Waals surface area contributed by atoms with Crippen LogP contribution in [-0.4, -0.2) is 16.2 Å². The third-order valence-corrected chi connectivity index (χ3v) is 14.3. The monoisotopic (exact) mass is 905 g/mol. The second-order valence-corrected chi connectivity index (χ2v) is 21.9. The van der Waals surface area contributed by atoms with Gasteiger partial charge in [0.2, 0.25) is 0 Å². The van der Waals surface area contributed by atoms with Crippen molar-refractivity contribution in [3.8, 4) is 28.4 Å². The van der Waals surface area contributed by atoms with E-state index in [2.05, 4.69) is 272 Å². The van der Waals surface area contributed by atoms with Crippen LogP contribution in [0.25, 0.3) is 38.8 Å². The Morgan fingerprint density at radius 1 is 0.435 bits per heavy atom. The summed E-state index contributed by atoms with van der Waals surface area (Å²) >= 11 is 0. The average molecular weight is 905 g/mol. The molecule has 2 aromatic heterocycles. The van der Waals surface area contributed by atoms with E-state index in [0.29, 0.717) is 6.67 Å². The standard InChI is InChI=1S/C64H64N4O/c1-61(2,3)49-34-45(44-22-14-11-15-23-44)35-52(36-49)67-43-66(42-59(67)62(4,5)6)51-37-50(64(9,10)47-26-18-13-19-27-47)38-54(40-51)69-53-30-31-56-55-28-20-21-29-57(55)68(58(56)41-53)60-39-48(32-33-65-60)63(7,8)46-24-16-12-17-25-46/h11-42H,43H2,1-10H3. The van der Waals surface area contributed by atoms with Crippen molar-refractivity contribution in [1.29, 1.82) is 0 Å². The molecule has 1 aliphatic heterocycles. The first kappa shape index (κ1) is 45.4. The van der Waals surface area contributed by atoms with E-state index in [-0.39, 0.29) is 21.7 Å². The molecule has 7 aromatic carbocycles. The van der Waals surface area contributed by atoms with Crippen molar-refractivity contribution < 1.29 is 4.74 Å². The number of pyridine rings is 1. The highest BCUT2D eigenvalue weighted by Crippen LogP contribution is 2.45. The maximum Gasteiger partial charge on any atom is 0.137 e. The number of para-hydroxylation sites is 1. The van der Waals surface area contributed by atoms with Crippen molar-refractivity contribution in [2.75, 3.05) is 16.5 Å². The van der Waals surface area contributed by atoms with Gasteiger partial charge in [0.25, 0.3) is 0 Å². The van der Waals surface area contributed by atoms with E-state index in [0.717, 1.165) is 39.4 Å². The van der Waals surface area contributed by atoms with E-state index in [1.807, 2.05) is 6.20 Å². The maximum absolute atomic E-state index is 7.11. The van der Waals surface area contributed by atoms with Gasteiger partial charge in [-0.2, -0.15) is 0 Å². The normalized spacial score (nSPS) is 13.6. The number of anilines is 2. The van der Waals surface area contributed by atoms with E-state index >= 15 is 0 Å². The Balaban J connectivity index is 1.08. The summed E-state index contributed by atoms with van der Waals surface area (Å²) in [7, 11) is 0. The fourth-order valence-corrected chi connectivity index (χ4v) is 10.00. The van der Waals surface area contributed by atoms with Gasteiger partial charge >= 0.3 is 0 Å². The molecule has 0 radical (unpaired) electrons. The highest BCUT2D eigenvalue weighted by molar-refractivity contribution is 6.09. The van der Waals surface area contributed by atoms with E-state index in [9.17, 15) is 0 Å². The smallest absolute Gasteiger partial charge is 0.137 e. The predicted octanol–water partition coefficient (Wildman–Crippen LogP) is 16.8. The zero-order valence-corrected chi connectivity index (χ0v) is 41.9. The minimum absolute atomic E-state index is 0.0363. The van der Waals surface area contributed by atoms with Crippen LogP contribution in [0.1, 0.15) is 97.1 Å². The lowest BCUT2D eigenvalue weighted by Crippen LogP contribution is -2.31. The van der Waals surface area contributed by atoms with Gasteiger partial charge in [0.1, 0.15) is 17.3 Å². The number of ether oxygens (including phenoxy) is 1. The van der Waals surface area contributed by atoms with Crippen LogP contribution in [0, 0.1) is 5.41 Å². The van der Waals surface area contributed by atoms with E-state index < -0.39 is 0 Å². The number of fused-ring (bicyclic) bond motifs is 3. The van der Waals surface area contributed by atoms with Crippen LogP contribution in [0.2, 0.25) is 0 Å². The quantitative estimate of drug-likeness (QED) is 0.137. The van der Waals surface area contributed by atoms with Crippen molar-refractivity contribution in [2.45, 2.75) is 85.5 Å². The second-order valence-electron chi connectivity index (χ2n) is 21.9. The zero-order chi connectivity index (χ0) is 48.3. The Kier molecular flexibility index (Phi) is 11.4. The van der Waals surface area contributed by atoms with Gasteiger partial charge in [-0.1, -0.05) is 184 Å². The van der Waals surface area contributed by atoms with Crippen molar-refractivity contribution in [2.24, 2.45) is 5.41 Å². The minimum Gasteiger partial charge on any atom is -0.457 e. The predicted molar refractivity (Wildman–Crippen MR) is 290 cm³/mol. The number of allylic oxidation sites excluding steroid dienone is 1. The Morgan fingerprint density at radius 2 is 1.04 bits per heavy atom. The molecule has 0 saturated carbocycles. The number of hydrogen-bond acceptors (Lipinski definition) is 4. The lowest BCUT2D eigenvalue weighted by atomic mass is 9.78. The summed E-state index contributed by atoms with van der Waals surface area (Å²) in [6.45, 7) is 23.7. The molecular weight excluding hydrogens is 841 g/mol. The van der Waals surface area contributed by atoms with Crippen LogP contribution in [0.5, 0.6) is 11.5 Å². The average Bonchev–Trinajstić information content (AvgIpc) is 3.96. The molecule has 5 heteroatoms. The van der Waals surface area contributed by atoms with E-state index in [1.54, 1.807) is 0 Å². The van der Waals surface area contributed by atoms with Crippen LogP contribution in [0.4, 0.5) is 11.4 Å². The highest BCUT2D eigenvalue weighted by Gasteiger charge is 2.34. The molecule has 9 aromatic rings. The Hall–Kier alpha value is -7.37. The van der Waals surface area contributed by atoms with Gasteiger partial charge in [-0.25, -0.2) is 4.98 Å². The molecule has 0 amide bonds. The molecular formula is C64H64N4O. The summed E-state index contributed by atoms with van der Waals surface area (Å²) in [6, 6.07) is 65.7. The largest absolute Gasteiger partial charge is 0.457 e. The first-order valence-corrected chi connectivity index (χ1v) is 24.4. The molecule has 0 spiro atoms. The summed E-state index contributed by atoms with van der Waals surface area (Å²) in [5, 5.41) is 2.32. The topological polar surface area (TPSA) is 33.5 Å². The Bertz CT molecular complexity index is 3350. The molecule has 5 nitrogen and oxygen atoms in total. The molecule has 0 fully saturated rings. The highest BCUT2D eigenvalue weighted by atomic mass is 16.5. The van der Waals surface area contributed by atoms with Crippen LogP contribution < -0.4 is 14.5 Å². The van der Waals surface area contributed by atoms with Crippen molar-refractivity contribution >= 4 is 33.2 Å². The summed E-state index contributed by atoms with van der Waals surface area (Å²) in [5.41, 5.74) is 13.6. The molecule has 0 bridgehead atoms. The SMILES string of the molecule is CC(C)(C)C1=CN(c2cc(Oc3ccc4c5ccccc5n(-c5cc(C(C)(C)c6ccccc6)ccn5)c4c3)cc(C(C)(C)c3ccccc3)c2)CN1c1cc(-c2ccccc2)cc(C(C)(C)C)c1. The molecule has 3 heterocycles. The van der Waals surface area contributed by atoms with Crippen LogP contribution in [-0.2, 0) is 16.2 Å². The van der Waals surface area contributed by atoms with Gasteiger partial charge in [-0.3, -0.25) is 4.57 Å². The Morgan fingerprint density at radius 3 is 1.71 bits per heavy atom. The molecule has 0 atom stereocenters. The molecule has 346 valence electrons. The molecule has 0 aliphatic carbocycles.